The van der Waals surface area contributed by atoms with Gasteiger partial charge in [0.05, 0.1) is 9.72 Å². The van der Waals surface area contributed by atoms with Crippen LogP contribution in [-0.2, 0) is 5.41 Å². The summed E-state index contributed by atoms with van der Waals surface area (Å²) in [6.07, 6.45) is 0. The van der Waals surface area contributed by atoms with Crippen LogP contribution in [0.15, 0.2) is 42.5 Å². The first kappa shape index (κ1) is 22.7. The van der Waals surface area contributed by atoms with Crippen LogP contribution in [0.5, 0.6) is 0 Å². The minimum absolute atomic E-state index is 0.0298. The van der Waals surface area contributed by atoms with Gasteiger partial charge >= 0.3 is 0 Å². The molecule has 0 saturated heterocycles. The van der Waals surface area contributed by atoms with Gasteiger partial charge in [0.2, 0.25) is 0 Å². The van der Waals surface area contributed by atoms with Gasteiger partial charge in [0.15, 0.2) is 5.13 Å². The first-order valence-electron chi connectivity index (χ1n) is 10.4. The molecule has 2 aromatic carbocycles. The Hall–Kier alpha value is -1.95. The third kappa shape index (κ3) is 5.02. The number of amides is 1. The molecule has 0 saturated carbocycles. The average Bonchev–Trinajstić information content (AvgIpc) is 3.16. The van der Waals surface area contributed by atoms with Crippen molar-refractivity contribution in [2.45, 2.75) is 40.0 Å². The van der Waals surface area contributed by atoms with E-state index in [1.54, 1.807) is 4.90 Å². The van der Waals surface area contributed by atoms with Crippen LogP contribution >= 0.6 is 22.9 Å². The molecule has 0 aliphatic carbocycles. The third-order valence-corrected chi connectivity index (χ3v) is 6.72. The van der Waals surface area contributed by atoms with Gasteiger partial charge in [0.1, 0.15) is 5.52 Å². The van der Waals surface area contributed by atoms with Crippen molar-refractivity contribution >= 4 is 44.2 Å². The molecule has 0 unspecified atom stereocenters. The lowest BCUT2D eigenvalue weighted by atomic mass is 9.86. The second kappa shape index (κ2) is 9.46. The number of hydrogen-bond acceptors (Lipinski definition) is 4. The molecule has 1 aromatic heterocycles. The van der Waals surface area contributed by atoms with Crippen LogP contribution in [0.2, 0.25) is 5.02 Å². The number of carbonyl (C=O) groups excluding carboxylic acids is 1. The number of fused-ring (bicyclic) bond motifs is 1. The Kier molecular flexibility index (Phi) is 7.17. The summed E-state index contributed by atoms with van der Waals surface area (Å²) in [5, 5.41) is 1.30. The molecule has 0 spiro atoms. The summed E-state index contributed by atoms with van der Waals surface area (Å²) in [6.45, 7) is 14.1. The number of nitrogens with zero attached hydrogens (tertiary/aromatic N) is 3. The van der Waals surface area contributed by atoms with E-state index in [9.17, 15) is 4.79 Å². The third-order valence-electron chi connectivity index (χ3n) is 5.37. The highest BCUT2D eigenvalue weighted by atomic mass is 35.5. The molecule has 4 nitrogen and oxygen atoms in total. The van der Waals surface area contributed by atoms with Gasteiger partial charge in [-0.2, -0.15) is 0 Å². The van der Waals surface area contributed by atoms with Crippen molar-refractivity contribution in [1.82, 2.24) is 9.88 Å². The van der Waals surface area contributed by atoms with Crippen molar-refractivity contribution in [3.05, 3.63) is 58.6 Å². The van der Waals surface area contributed by atoms with E-state index in [-0.39, 0.29) is 11.3 Å². The predicted octanol–water partition coefficient (Wildman–Crippen LogP) is 6.24. The SMILES string of the molecule is CCN(CC)CCN(C(=O)c1ccc(C(C)(C)C)cc1)c1nc2c(Cl)cccc2s1. The number of para-hydroxylation sites is 1. The summed E-state index contributed by atoms with van der Waals surface area (Å²) in [5.41, 5.74) is 2.68. The summed E-state index contributed by atoms with van der Waals surface area (Å²) < 4.78 is 0.987. The van der Waals surface area contributed by atoms with Crippen LogP contribution in [0, 0.1) is 0 Å². The van der Waals surface area contributed by atoms with E-state index in [2.05, 4.69) is 39.5 Å². The molecule has 3 aromatic rings. The Labute approximate surface area is 188 Å². The maximum atomic E-state index is 13.5. The molecule has 0 N–H and O–H groups in total. The molecule has 6 heteroatoms. The molecule has 30 heavy (non-hydrogen) atoms. The lowest BCUT2D eigenvalue weighted by Crippen LogP contribution is -2.38. The number of carbonyl (C=O) groups is 1. The quantitative estimate of drug-likeness (QED) is 0.433. The van der Waals surface area contributed by atoms with Crippen LogP contribution < -0.4 is 4.90 Å². The predicted molar refractivity (Wildman–Crippen MR) is 129 cm³/mol. The average molecular weight is 444 g/mol. The molecule has 0 radical (unpaired) electrons. The maximum absolute atomic E-state index is 13.5. The lowest BCUT2D eigenvalue weighted by molar-refractivity contribution is 0.0983. The van der Waals surface area contributed by atoms with Crippen molar-refractivity contribution in [1.29, 1.82) is 0 Å². The highest BCUT2D eigenvalue weighted by Gasteiger charge is 2.23. The van der Waals surface area contributed by atoms with Crippen molar-refractivity contribution in [3.63, 3.8) is 0 Å². The van der Waals surface area contributed by atoms with Gasteiger partial charge in [-0.25, -0.2) is 4.98 Å². The van der Waals surface area contributed by atoms with E-state index >= 15 is 0 Å². The topological polar surface area (TPSA) is 36.4 Å². The number of benzene rings is 2. The fourth-order valence-corrected chi connectivity index (χ4v) is 4.64. The van der Waals surface area contributed by atoms with E-state index < -0.39 is 0 Å². The van der Waals surface area contributed by atoms with E-state index in [1.807, 2.05) is 42.5 Å². The van der Waals surface area contributed by atoms with Crippen LogP contribution in [0.3, 0.4) is 0 Å². The zero-order valence-electron chi connectivity index (χ0n) is 18.4. The molecule has 160 valence electrons. The zero-order valence-corrected chi connectivity index (χ0v) is 20.0. The Morgan fingerprint density at radius 2 is 1.70 bits per heavy atom. The second-order valence-corrected chi connectivity index (χ2v) is 9.81. The Morgan fingerprint density at radius 3 is 2.27 bits per heavy atom. The molecule has 0 aliphatic rings. The number of halogens is 1. The van der Waals surface area contributed by atoms with Gasteiger partial charge in [-0.05, 0) is 48.3 Å². The molecule has 3 rings (SSSR count). The fraction of sp³-hybridized carbons (Fsp3) is 0.417. The van der Waals surface area contributed by atoms with E-state index in [1.165, 1.54) is 16.9 Å². The summed E-state index contributed by atoms with van der Waals surface area (Å²) in [7, 11) is 0. The maximum Gasteiger partial charge on any atom is 0.260 e. The van der Waals surface area contributed by atoms with Crippen LogP contribution in [-0.4, -0.2) is 42.0 Å². The van der Waals surface area contributed by atoms with Gasteiger partial charge < -0.3 is 4.90 Å². The van der Waals surface area contributed by atoms with Gasteiger partial charge in [0.25, 0.3) is 5.91 Å². The fourth-order valence-electron chi connectivity index (χ4n) is 3.35. The molecule has 1 amide bonds. The van der Waals surface area contributed by atoms with Gasteiger partial charge in [-0.1, -0.05) is 75.8 Å². The number of rotatable bonds is 7. The largest absolute Gasteiger partial charge is 0.302 e. The second-order valence-electron chi connectivity index (χ2n) is 8.39. The van der Waals surface area contributed by atoms with Crippen molar-refractivity contribution in [2.24, 2.45) is 0 Å². The van der Waals surface area contributed by atoms with Crippen LogP contribution in [0.4, 0.5) is 5.13 Å². The number of likely N-dealkylation sites (N-methyl/N-ethyl adjacent to an activating group) is 1. The molecular formula is C24H30ClN3OS. The molecule has 0 fully saturated rings. The van der Waals surface area contributed by atoms with Gasteiger partial charge in [-0.15, -0.1) is 0 Å². The first-order valence-corrected chi connectivity index (χ1v) is 11.6. The summed E-state index contributed by atoms with van der Waals surface area (Å²) >= 11 is 7.84. The smallest absolute Gasteiger partial charge is 0.260 e. The van der Waals surface area contributed by atoms with Crippen molar-refractivity contribution < 1.29 is 4.79 Å². The lowest BCUT2D eigenvalue weighted by Gasteiger charge is -2.25. The standard InChI is InChI=1S/C24H30ClN3OS/c1-6-27(7-2)15-16-28(23-26-21-19(25)9-8-10-20(21)30-23)22(29)17-11-13-18(14-12-17)24(3,4)5/h8-14H,6-7,15-16H2,1-5H3. The number of aromatic nitrogens is 1. The van der Waals surface area contributed by atoms with E-state index in [4.69, 9.17) is 16.6 Å². The molecule has 0 aliphatic heterocycles. The van der Waals surface area contributed by atoms with Crippen LogP contribution in [0.25, 0.3) is 10.2 Å². The number of thiazole rings is 1. The minimum atomic E-state index is -0.0298. The normalized spacial score (nSPS) is 12.0. The molecule has 0 atom stereocenters. The minimum Gasteiger partial charge on any atom is -0.302 e. The summed E-state index contributed by atoms with van der Waals surface area (Å²) in [5.74, 6) is -0.0298. The molecule has 1 heterocycles. The Bertz CT molecular complexity index is 1000. The van der Waals surface area contributed by atoms with Crippen molar-refractivity contribution in [2.75, 3.05) is 31.1 Å². The first-order chi connectivity index (χ1) is 14.2. The Morgan fingerprint density at radius 1 is 1.03 bits per heavy atom. The summed E-state index contributed by atoms with van der Waals surface area (Å²) in [6, 6.07) is 13.7. The summed E-state index contributed by atoms with van der Waals surface area (Å²) in [4.78, 5) is 22.3. The monoisotopic (exact) mass is 443 g/mol. The number of hydrogen-bond donors (Lipinski definition) is 0. The van der Waals surface area contributed by atoms with E-state index in [0.29, 0.717) is 22.3 Å². The van der Waals surface area contributed by atoms with Crippen LogP contribution in [0.1, 0.15) is 50.5 Å². The molecular weight excluding hydrogens is 414 g/mol. The highest BCUT2D eigenvalue weighted by Crippen LogP contribution is 2.33. The van der Waals surface area contributed by atoms with E-state index in [0.717, 1.165) is 29.9 Å². The molecule has 0 bridgehead atoms. The number of anilines is 1. The van der Waals surface area contributed by atoms with Gasteiger partial charge in [0, 0.05) is 18.7 Å². The van der Waals surface area contributed by atoms with Gasteiger partial charge in [-0.3, -0.25) is 9.69 Å². The zero-order chi connectivity index (χ0) is 21.9. The van der Waals surface area contributed by atoms with Crippen molar-refractivity contribution in [3.8, 4) is 0 Å². The Balaban J connectivity index is 1.95. The highest BCUT2D eigenvalue weighted by molar-refractivity contribution is 7.22.